The smallest absolute Gasteiger partial charge is 0.312 e. The van der Waals surface area contributed by atoms with Crippen molar-refractivity contribution in [2.75, 3.05) is 7.11 Å². The zero-order chi connectivity index (χ0) is 30.5. The highest BCUT2D eigenvalue weighted by atomic mass is 127. The monoisotopic (exact) mass is 682 g/mol. The van der Waals surface area contributed by atoms with Crippen LogP contribution in [0.25, 0.3) is 6.08 Å². The molecule has 5 saturated carbocycles. The number of hydrogen-bond donors (Lipinski definition) is 0. The van der Waals surface area contributed by atoms with Crippen LogP contribution in [0.5, 0.6) is 0 Å². The summed E-state index contributed by atoms with van der Waals surface area (Å²) in [7, 11) is 1.59. The summed E-state index contributed by atoms with van der Waals surface area (Å²) in [4.78, 5) is 27.6. The molecule has 1 aromatic carbocycles. The number of carbonyl (C=O) groups is 2. The highest BCUT2D eigenvalue weighted by Gasteiger charge is 2.72. The van der Waals surface area contributed by atoms with Gasteiger partial charge >= 0.3 is 5.97 Å². The predicted molar refractivity (Wildman–Crippen MR) is 179 cm³/mol. The Morgan fingerprint density at radius 1 is 0.976 bits per heavy atom. The van der Waals surface area contributed by atoms with Crippen molar-refractivity contribution in [3.05, 3.63) is 51.1 Å². The fourth-order valence-corrected chi connectivity index (χ4v) is 13.0. The number of Topliss-reactive ketones (excluding diaryl/α,β-unsaturated/α-hetero) is 1. The van der Waals surface area contributed by atoms with E-state index in [-0.39, 0.29) is 33.0 Å². The van der Waals surface area contributed by atoms with Gasteiger partial charge in [-0.2, -0.15) is 0 Å². The van der Waals surface area contributed by atoms with Crippen LogP contribution < -0.4 is 0 Å². The van der Waals surface area contributed by atoms with Gasteiger partial charge in [0.15, 0.2) is 5.78 Å². The third-order valence-electron chi connectivity index (χ3n) is 14.4. The molecule has 42 heavy (non-hydrogen) atoms. The number of allylic oxidation sites excluding steroid dienone is 2. The SMILES string of the molecule is C=C(C)[C@H]1CC[C@]2(C(=O)OC)CC[C@]3(C)[C@H](CC[C@H]4[C@@]5(C)C/C(=C\c6cccc(I)c6)C(=O)C(C)(C)[C@H]5CC[C@@]43C)[C@@H]12. The van der Waals surface area contributed by atoms with Crippen molar-refractivity contribution in [3.8, 4) is 0 Å². The molecule has 3 nitrogen and oxygen atoms in total. The molecule has 9 atom stereocenters. The van der Waals surface area contributed by atoms with Crippen molar-refractivity contribution < 1.29 is 14.3 Å². The summed E-state index contributed by atoms with van der Waals surface area (Å²) in [6, 6.07) is 8.53. The second-order valence-corrected chi connectivity index (χ2v) is 17.5. The quantitative estimate of drug-likeness (QED) is 0.138. The Kier molecular flexibility index (Phi) is 7.31. The number of ketones is 1. The summed E-state index contributed by atoms with van der Waals surface area (Å²) in [5, 5.41) is 0. The number of carbonyl (C=O) groups excluding carboxylic acids is 2. The van der Waals surface area contributed by atoms with Crippen molar-refractivity contribution in [2.45, 2.75) is 99.3 Å². The third-order valence-corrected chi connectivity index (χ3v) is 15.1. The summed E-state index contributed by atoms with van der Waals surface area (Å²) in [5.74, 6) is 2.53. The maximum atomic E-state index is 14.1. The lowest BCUT2D eigenvalue weighted by molar-refractivity contribution is -0.232. The lowest BCUT2D eigenvalue weighted by atomic mass is 9.32. The van der Waals surface area contributed by atoms with Crippen LogP contribution in [0.1, 0.15) is 105 Å². The number of halogens is 1. The predicted octanol–water partition coefficient (Wildman–Crippen LogP) is 9.68. The molecule has 0 bridgehead atoms. The topological polar surface area (TPSA) is 43.4 Å². The second kappa shape index (κ2) is 10.0. The van der Waals surface area contributed by atoms with E-state index in [2.05, 4.69) is 101 Å². The summed E-state index contributed by atoms with van der Waals surface area (Å²) in [6.07, 6.45) is 11.7. The van der Waals surface area contributed by atoms with E-state index in [0.29, 0.717) is 35.4 Å². The van der Waals surface area contributed by atoms with Gasteiger partial charge in [-0.15, -0.1) is 0 Å². The molecule has 0 unspecified atom stereocenters. The van der Waals surface area contributed by atoms with Gasteiger partial charge in [0.2, 0.25) is 0 Å². The first-order valence-corrected chi connectivity index (χ1v) is 17.5. The molecule has 5 aliphatic rings. The molecule has 0 spiro atoms. The molecule has 0 aromatic heterocycles. The van der Waals surface area contributed by atoms with Crippen molar-refractivity contribution in [3.63, 3.8) is 0 Å². The molecule has 5 aliphatic carbocycles. The van der Waals surface area contributed by atoms with E-state index in [0.717, 1.165) is 56.1 Å². The van der Waals surface area contributed by atoms with Crippen molar-refractivity contribution in [2.24, 2.45) is 56.7 Å². The molecular formula is C38H51IO3. The normalized spacial score (nSPS) is 44.9. The highest BCUT2D eigenvalue weighted by Crippen LogP contribution is 2.77. The van der Waals surface area contributed by atoms with Gasteiger partial charge in [0.25, 0.3) is 0 Å². The lowest BCUT2D eigenvalue weighted by Crippen LogP contribution is -2.67. The number of methoxy groups -OCH3 is 1. The van der Waals surface area contributed by atoms with Crippen LogP contribution in [0.15, 0.2) is 42.0 Å². The molecule has 6 rings (SSSR count). The summed E-state index contributed by atoms with van der Waals surface area (Å²) in [6.45, 7) is 18.9. The van der Waals surface area contributed by atoms with E-state index >= 15 is 0 Å². The molecule has 228 valence electrons. The van der Waals surface area contributed by atoms with E-state index in [9.17, 15) is 9.59 Å². The van der Waals surface area contributed by atoms with Gasteiger partial charge in [0.1, 0.15) is 0 Å². The average molecular weight is 683 g/mol. The second-order valence-electron chi connectivity index (χ2n) is 16.3. The molecule has 4 heteroatoms. The Morgan fingerprint density at radius 2 is 1.71 bits per heavy atom. The Morgan fingerprint density at radius 3 is 2.38 bits per heavy atom. The first-order valence-electron chi connectivity index (χ1n) is 16.4. The van der Waals surface area contributed by atoms with Crippen LogP contribution in [0, 0.1) is 60.2 Å². The van der Waals surface area contributed by atoms with Crippen molar-refractivity contribution >= 4 is 40.4 Å². The molecule has 1 aromatic rings. The minimum Gasteiger partial charge on any atom is -0.469 e. The minimum atomic E-state index is -0.372. The Labute approximate surface area is 267 Å². The van der Waals surface area contributed by atoms with Gasteiger partial charge in [-0.3, -0.25) is 9.59 Å². The number of rotatable bonds is 3. The van der Waals surface area contributed by atoms with E-state index in [1.54, 1.807) is 7.11 Å². The Hall–Kier alpha value is -1.43. The molecule has 5 fully saturated rings. The molecular weight excluding hydrogens is 631 g/mol. The van der Waals surface area contributed by atoms with E-state index in [1.165, 1.54) is 22.0 Å². The number of benzene rings is 1. The van der Waals surface area contributed by atoms with Gasteiger partial charge in [-0.25, -0.2) is 0 Å². The van der Waals surface area contributed by atoms with Gasteiger partial charge in [-0.1, -0.05) is 58.9 Å². The number of ether oxygens (including phenoxy) is 1. The Balaban J connectivity index is 1.42. The van der Waals surface area contributed by atoms with Crippen LogP contribution in [0.4, 0.5) is 0 Å². The van der Waals surface area contributed by atoms with E-state index in [1.807, 2.05) is 0 Å². The average Bonchev–Trinajstić information content (AvgIpc) is 3.33. The fourth-order valence-electron chi connectivity index (χ4n) is 12.5. The minimum absolute atomic E-state index is 0.0270. The van der Waals surface area contributed by atoms with Gasteiger partial charge in [0.05, 0.1) is 12.5 Å². The summed E-state index contributed by atoms with van der Waals surface area (Å²) in [5.41, 5.74) is 3.05. The zero-order valence-corrected chi connectivity index (χ0v) is 29.1. The number of esters is 1. The van der Waals surface area contributed by atoms with E-state index < -0.39 is 0 Å². The zero-order valence-electron chi connectivity index (χ0n) is 26.9. The molecule has 0 aliphatic heterocycles. The highest BCUT2D eigenvalue weighted by molar-refractivity contribution is 14.1. The molecule has 0 amide bonds. The van der Waals surface area contributed by atoms with Crippen LogP contribution in [-0.4, -0.2) is 18.9 Å². The first-order chi connectivity index (χ1) is 19.7. The molecule has 0 heterocycles. The van der Waals surface area contributed by atoms with Crippen molar-refractivity contribution in [1.29, 1.82) is 0 Å². The Bertz CT molecular complexity index is 1360. The molecule has 0 N–H and O–H groups in total. The number of fused-ring (bicyclic) bond motifs is 7. The maximum Gasteiger partial charge on any atom is 0.312 e. The number of hydrogen-bond acceptors (Lipinski definition) is 3. The van der Waals surface area contributed by atoms with Crippen LogP contribution in [0.3, 0.4) is 0 Å². The van der Waals surface area contributed by atoms with Gasteiger partial charge in [-0.05, 0) is 162 Å². The standard InChI is InChI=1S/C38H51IO3/c1-23(2)27-14-17-38(33(41)42-8)19-18-36(6)28(31(27)38)12-13-30-35(5)22-25(20-24-10-9-11-26(39)21-24)32(40)34(3,4)29(35)15-16-37(30,36)7/h9-11,20-21,27-31H,1,12-19,22H2,2-8H3/b25-20+/t27-,28-,29-,30+,31-,35+,36-,37+,38+/m1/s1. The summed E-state index contributed by atoms with van der Waals surface area (Å²) >= 11 is 2.36. The molecule has 0 saturated heterocycles. The lowest BCUT2D eigenvalue weighted by Gasteiger charge is -2.72. The van der Waals surface area contributed by atoms with Crippen LogP contribution in [-0.2, 0) is 14.3 Å². The third kappa shape index (κ3) is 4.01. The van der Waals surface area contributed by atoms with Gasteiger partial charge < -0.3 is 4.74 Å². The van der Waals surface area contributed by atoms with Crippen LogP contribution in [0.2, 0.25) is 0 Å². The maximum absolute atomic E-state index is 14.1. The first kappa shape index (κ1) is 30.6. The van der Waals surface area contributed by atoms with E-state index in [4.69, 9.17) is 4.74 Å². The fraction of sp³-hybridized carbons (Fsp3) is 0.684. The van der Waals surface area contributed by atoms with Gasteiger partial charge in [0, 0.05) is 8.99 Å². The summed E-state index contributed by atoms with van der Waals surface area (Å²) < 4.78 is 6.75. The van der Waals surface area contributed by atoms with Crippen LogP contribution >= 0.6 is 22.6 Å². The largest absolute Gasteiger partial charge is 0.469 e. The molecule has 0 radical (unpaired) electrons. The van der Waals surface area contributed by atoms with Crippen molar-refractivity contribution in [1.82, 2.24) is 0 Å².